The molecule has 3 saturated carbocycles. The average molecular weight is 274 g/mol. The third-order valence-corrected chi connectivity index (χ3v) is 7.83. The first-order chi connectivity index (χ1) is 9.53. The zero-order chi connectivity index (χ0) is 14.0. The second-order valence-electron chi connectivity index (χ2n) is 8.76. The number of aliphatic hydroxyl groups is 1. The summed E-state index contributed by atoms with van der Waals surface area (Å²) in [6, 6.07) is 0. The van der Waals surface area contributed by atoms with E-state index in [4.69, 9.17) is 0 Å². The van der Waals surface area contributed by atoms with Crippen LogP contribution < -0.4 is 0 Å². The maximum atomic E-state index is 10.0. The molecule has 4 rings (SSSR count). The van der Waals surface area contributed by atoms with Gasteiger partial charge in [-0.05, 0) is 80.0 Å². The minimum absolute atomic E-state index is 0.0247. The van der Waals surface area contributed by atoms with Gasteiger partial charge in [0.25, 0.3) is 0 Å². The predicted octanol–water partition coefficient (Wildman–Crippen LogP) is 4.70. The number of hydrogen-bond donors (Lipinski definition) is 1. The summed E-state index contributed by atoms with van der Waals surface area (Å²) in [5.41, 5.74) is 2.97. The van der Waals surface area contributed by atoms with Crippen LogP contribution in [-0.2, 0) is 0 Å². The van der Waals surface area contributed by atoms with Crippen LogP contribution in [-0.4, -0.2) is 11.2 Å². The zero-order valence-corrected chi connectivity index (χ0v) is 13.2. The summed E-state index contributed by atoms with van der Waals surface area (Å²) in [5.74, 6) is 2.47. The van der Waals surface area contributed by atoms with E-state index in [1.165, 1.54) is 44.9 Å². The molecule has 0 radical (unpaired) electrons. The van der Waals surface area contributed by atoms with E-state index in [-0.39, 0.29) is 6.10 Å². The molecule has 1 N–H and O–H groups in total. The molecule has 0 aromatic rings. The first-order valence-corrected chi connectivity index (χ1v) is 8.91. The standard InChI is InChI=1S/C19H30O/c1-18-9-3-4-16(18)15-6-5-13-12-14(20)7-11-19(13,2)17(15)8-10-18/h6,13-14,16-17,20H,3-5,7-12H2,1-2H3. The molecule has 0 aromatic heterocycles. The molecule has 0 heterocycles. The van der Waals surface area contributed by atoms with Crippen molar-refractivity contribution in [1.29, 1.82) is 0 Å². The molecule has 6 atom stereocenters. The smallest absolute Gasteiger partial charge is 0.0543 e. The quantitative estimate of drug-likeness (QED) is 0.635. The Kier molecular flexibility index (Phi) is 2.91. The van der Waals surface area contributed by atoms with Crippen molar-refractivity contribution in [2.75, 3.05) is 0 Å². The van der Waals surface area contributed by atoms with Gasteiger partial charge in [0.2, 0.25) is 0 Å². The van der Waals surface area contributed by atoms with Crippen molar-refractivity contribution in [3.05, 3.63) is 11.6 Å². The molecule has 4 aliphatic rings. The maximum Gasteiger partial charge on any atom is 0.0543 e. The van der Waals surface area contributed by atoms with Crippen molar-refractivity contribution in [2.45, 2.75) is 77.7 Å². The van der Waals surface area contributed by atoms with Crippen LogP contribution in [0.1, 0.15) is 71.6 Å². The molecule has 112 valence electrons. The Bertz CT molecular complexity index is 439. The Labute approximate surface area is 123 Å². The van der Waals surface area contributed by atoms with Crippen LogP contribution >= 0.6 is 0 Å². The van der Waals surface area contributed by atoms with Crippen molar-refractivity contribution < 1.29 is 5.11 Å². The lowest BCUT2D eigenvalue weighted by atomic mass is 9.48. The van der Waals surface area contributed by atoms with Gasteiger partial charge in [-0.2, -0.15) is 0 Å². The molecule has 4 aliphatic carbocycles. The van der Waals surface area contributed by atoms with Crippen LogP contribution in [0.5, 0.6) is 0 Å². The largest absolute Gasteiger partial charge is 0.393 e. The first kappa shape index (κ1) is 13.4. The number of allylic oxidation sites excluding steroid dienone is 2. The Morgan fingerprint density at radius 3 is 2.75 bits per heavy atom. The molecule has 0 amide bonds. The lowest BCUT2D eigenvalue weighted by Gasteiger charge is -2.56. The van der Waals surface area contributed by atoms with Crippen LogP contribution in [0, 0.1) is 28.6 Å². The summed E-state index contributed by atoms with van der Waals surface area (Å²) < 4.78 is 0. The number of rotatable bonds is 0. The molecule has 20 heavy (non-hydrogen) atoms. The van der Waals surface area contributed by atoms with Crippen LogP contribution in [0.4, 0.5) is 0 Å². The third-order valence-electron chi connectivity index (χ3n) is 7.83. The fraction of sp³-hybridized carbons (Fsp3) is 0.895. The molecular weight excluding hydrogens is 244 g/mol. The van der Waals surface area contributed by atoms with E-state index in [0.29, 0.717) is 10.8 Å². The minimum Gasteiger partial charge on any atom is -0.393 e. The number of aliphatic hydroxyl groups excluding tert-OH is 1. The van der Waals surface area contributed by atoms with Crippen LogP contribution in [0.2, 0.25) is 0 Å². The van der Waals surface area contributed by atoms with Crippen molar-refractivity contribution in [2.24, 2.45) is 28.6 Å². The van der Waals surface area contributed by atoms with Gasteiger partial charge in [0, 0.05) is 0 Å². The van der Waals surface area contributed by atoms with Crippen LogP contribution in [0.3, 0.4) is 0 Å². The van der Waals surface area contributed by atoms with Gasteiger partial charge in [0.15, 0.2) is 0 Å². The third kappa shape index (κ3) is 1.71. The van der Waals surface area contributed by atoms with Gasteiger partial charge < -0.3 is 5.11 Å². The zero-order valence-electron chi connectivity index (χ0n) is 13.2. The average Bonchev–Trinajstić information content (AvgIpc) is 2.81. The first-order valence-electron chi connectivity index (χ1n) is 8.91. The van der Waals surface area contributed by atoms with Gasteiger partial charge in [-0.1, -0.05) is 31.9 Å². The van der Waals surface area contributed by atoms with E-state index in [0.717, 1.165) is 30.6 Å². The molecule has 1 nitrogen and oxygen atoms in total. The lowest BCUT2D eigenvalue weighted by Crippen LogP contribution is -2.48. The van der Waals surface area contributed by atoms with Gasteiger partial charge in [-0.25, -0.2) is 0 Å². The fourth-order valence-electron chi connectivity index (χ4n) is 6.48. The predicted molar refractivity (Wildman–Crippen MR) is 82.3 cm³/mol. The Balaban J connectivity index is 1.69. The molecular formula is C19H30O. The highest BCUT2D eigenvalue weighted by Gasteiger charge is 2.54. The molecule has 0 aliphatic heterocycles. The number of fused-ring (bicyclic) bond motifs is 5. The molecule has 0 spiro atoms. The molecule has 0 bridgehead atoms. The van der Waals surface area contributed by atoms with Gasteiger partial charge in [-0.3, -0.25) is 0 Å². The van der Waals surface area contributed by atoms with E-state index in [9.17, 15) is 5.11 Å². The van der Waals surface area contributed by atoms with Crippen LogP contribution in [0.25, 0.3) is 0 Å². The van der Waals surface area contributed by atoms with E-state index in [1.54, 1.807) is 0 Å². The molecule has 6 unspecified atom stereocenters. The minimum atomic E-state index is -0.0247. The highest BCUT2D eigenvalue weighted by Crippen LogP contribution is 2.64. The summed E-state index contributed by atoms with van der Waals surface area (Å²) >= 11 is 0. The highest BCUT2D eigenvalue weighted by molar-refractivity contribution is 5.26. The van der Waals surface area contributed by atoms with Gasteiger partial charge in [0.1, 0.15) is 0 Å². The Morgan fingerprint density at radius 2 is 1.90 bits per heavy atom. The topological polar surface area (TPSA) is 20.2 Å². The van der Waals surface area contributed by atoms with Crippen molar-refractivity contribution in [3.8, 4) is 0 Å². The van der Waals surface area contributed by atoms with Gasteiger partial charge in [0.05, 0.1) is 6.10 Å². The molecule has 3 fully saturated rings. The Morgan fingerprint density at radius 1 is 1.05 bits per heavy atom. The summed E-state index contributed by atoms with van der Waals surface area (Å²) in [5, 5.41) is 10.0. The van der Waals surface area contributed by atoms with Crippen molar-refractivity contribution in [1.82, 2.24) is 0 Å². The fourth-order valence-corrected chi connectivity index (χ4v) is 6.48. The van der Waals surface area contributed by atoms with Gasteiger partial charge >= 0.3 is 0 Å². The lowest BCUT2D eigenvalue weighted by molar-refractivity contribution is -0.0355. The normalized spacial score (nSPS) is 54.6. The summed E-state index contributed by atoms with van der Waals surface area (Å²) in [7, 11) is 0. The van der Waals surface area contributed by atoms with E-state index >= 15 is 0 Å². The molecule has 0 saturated heterocycles. The van der Waals surface area contributed by atoms with Crippen LogP contribution in [0.15, 0.2) is 11.6 Å². The SMILES string of the molecule is CC12CCCC1C1=CCC3CC(O)CCC3(C)C1CC2. The van der Waals surface area contributed by atoms with Crippen molar-refractivity contribution in [3.63, 3.8) is 0 Å². The molecule has 0 aromatic carbocycles. The monoisotopic (exact) mass is 274 g/mol. The second kappa shape index (κ2) is 4.35. The van der Waals surface area contributed by atoms with Crippen molar-refractivity contribution >= 4 is 0 Å². The van der Waals surface area contributed by atoms with E-state index < -0.39 is 0 Å². The second-order valence-corrected chi connectivity index (χ2v) is 8.76. The number of hydrogen-bond acceptors (Lipinski definition) is 1. The van der Waals surface area contributed by atoms with E-state index in [2.05, 4.69) is 19.9 Å². The molecule has 1 heteroatoms. The summed E-state index contributed by atoms with van der Waals surface area (Å²) in [6.07, 6.45) is 14.4. The maximum absolute atomic E-state index is 10.0. The summed E-state index contributed by atoms with van der Waals surface area (Å²) in [6.45, 7) is 5.11. The highest BCUT2D eigenvalue weighted by atomic mass is 16.3. The Hall–Kier alpha value is -0.300. The summed E-state index contributed by atoms with van der Waals surface area (Å²) in [4.78, 5) is 0. The van der Waals surface area contributed by atoms with E-state index in [1.807, 2.05) is 5.57 Å². The van der Waals surface area contributed by atoms with Gasteiger partial charge in [-0.15, -0.1) is 0 Å².